The van der Waals surface area contributed by atoms with Crippen molar-refractivity contribution in [1.29, 1.82) is 0 Å². The Bertz CT molecular complexity index is 215. The number of piperazine rings is 1. The Morgan fingerprint density at radius 1 is 1.64 bits per heavy atom. The Kier molecular flexibility index (Phi) is 2.72. The molecule has 3 nitrogen and oxygen atoms in total. The highest BCUT2D eigenvalue weighted by Gasteiger charge is 2.44. The SMILES string of the molecule is CN1C[C@@H]2CC[C@](COC(F)F)(C1)N2. The van der Waals surface area contributed by atoms with Crippen molar-refractivity contribution < 1.29 is 13.5 Å². The molecule has 2 bridgehead atoms. The van der Waals surface area contributed by atoms with Crippen LogP contribution in [0.4, 0.5) is 8.78 Å². The summed E-state index contributed by atoms with van der Waals surface area (Å²) in [6, 6.07) is 0.454. The van der Waals surface area contributed by atoms with Gasteiger partial charge in [-0.3, -0.25) is 0 Å². The number of ether oxygens (including phenoxy) is 1. The molecule has 0 aromatic carbocycles. The van der Waals surface area contributed by atoms with Crippen molar-refractivity contribution in [2.24, 2.45) is 0 Å². The standard InChI is InChI=1S/C9H16F2N2O/c1-13-4-7-2-3-9(5-13,12-7)6-14-8(10)11/h7-8,12H,2-6H2,1H3/t7-,9+/m0/s1. The number of hydrogen-bond donors (Lipinski definition) is 1. The van der Waals surface area contributed by atoms with Crippen molar-refractivity contribution in [3.63, 3.8) is 0 Å². The molecule has 0 radical (unpaired) electrons. The summed E-state index contributed by atoms with van der Waals surface area (Å²) < 4.78 is 28.3. The van der Waals surface area contributed by atoms with Crippen LogP contribution in [0.2, 0.25) is 0 Å². The maximum Gasteiger partial charge on any atom is 0.345 e. The minimum absolute atomic E-state index is 0.117. The van der Waals surface area contributed by atoms with E-state index in [-0.39, 0.29) is 12.1 Å². The normalized spacial score (nSPS) is 38.1. The predicted octanol–water partition coefficient (Wildman–Crippen LogP) is 0.662. The Balaban J connectivity index is 1.94. The summed E-state index contributed by atoms with van der Waals surface area (Å²) in [6.45, 7) is -0.726. The molecule has 2 aliphatic rings. The zero-order valence-corrected chi connectivity index (χ0v) is 8.30. The lowest BCUT2D eigenvalue weighted by atomic mass is 9.98. The number of rotatable bonds is 3. The van der Waals surface area contributed by atoms with E-state index in [1.54, 1.807) is 0 Å². The second kappa shape index (κ2) is 3.72. The van der Waals surface area contributed by atoms with E-state index in [0.29, 0.717) is 6.04 Å². The van der Waals surface area contributed by atoms with Crippen molar-refractivity contribution in [3.8, 4) is 0 Å². The molecule has 0 saturated carbocycles. The van der Waals surface area contributed by atoms with Crippen LogP contribution in [0.3, 0.4) is 0 Å². The van der Waals surface area contributed by atoms with Gasteiger partial charge in [-0.25, -0.2) is 0 Å². The smallest absolute Gasteiger partial charge is 0.321 e. The van der Waals surface area contributed by atoms with Gasteiger partial charge >= 0.3 is 6.61 Å². The molecule has 0 aromatic heterocycles. The highest BCUT2D eigenvalue weighted by atomic mass is 19.3. The molecule has 0 aliphatic carbocycles. The fourth-order valence-electron chi connectivity index (χ4n) is 2.63. The van der Waals surface area contributed by atoms with Gasteiger partial charge in [0.1, 0.15) is 0 Å². The first-order chi connectivity index (χ1) is 6.60. The topological polar surface area (TPSA) is 24.5 Å². The minimum atomic E-state index is -2.66. The van der Waals surface area contributed by atoms with Crippen LogP contribution in [-0.2, 0) is 4.74 Å². The highest BCUT2D eigenvalue weighted by molar-refractivity contribution is 5.04. The zero-order chi connectivity index (χ0) is 10.2. The number of halogens is 2. The van der Waals surface area contributed by atoms with E-state index in [1.165, 1.54) is 0 Å². The fourth-order valence-corrected chi connectivity index (χ4v) is 2.63. The molecule has 5 heteroatoms. The number of nitrogens with one attached hydrogen (secondary N) is 1. The molecule has 2 heterocycles. The maximum atomic E-state index is 11.9. The molecular weight excluding hydrogens is 190 g/mol. The van der Waals surface area contributed by atoms with Gasteiger partial charge in [0.05, 0.1) is 12.1 Å². The van der Waals surface area contributed by atoms with E-state index in [2.05, 4.69) is 15.0 Å². The van der Waals surface area contributed by atoms with E-state index < -0.39 is 6.61 Å². The monoisotopic (exact) mass is 206 g/mol. The van der Waals surface area contributed by atoms with Crippen molar-refractivity contribution in [1.82, 2.24) is 10.2 Å². The van der Waals surface area contributed by atoms with Crippen molar-refractivity contribution in [3.05, 3.63) is 0 Å². The Hall–Kier alpha value is -0.260. The fraction of sp³-hybridized carbons (Fsp3) is 1.00. The predicted molar refractivity (Wildman–Crippen MR) is 48.3 cm³/mol. The molecule has 2 rings (SSSR count). The van der Waals surface area contributed by atoms with Crippen LogP contribution in [0.5, 0.6) is 0 Å². The van der Waals surface area contributed by atoms with Crippen LogP contribution in [0.1, 0.15) is 12.8 Å². The van der Waals surface area contributed by atoms with Crippen molar-refractivity contribution >= 4 is 0 Å². The third-order valence-corrected chi connectivity index (χ3v) is 3.07. The Labute approximate surface area is 82.4 Å². The summed E-state index contributed by atoms with van der Waals surface area (Å²) in [5.41, 5.74) is -0.228. The molecule has 0 spiro atoms. The molecule has 2 aliphatic heterocycles. The first-order valence-corrected chi connectivity index (χ1v) is 4.96. The highest BCUT2D eigenvalue weighted by Crippen LogP contribution is 2.29. The van der Waals surface area contributed by atoms with Gasteiger partial charge in [0.25, 0.3) is 0 Å². The van der Waals surface area contributed by atoms with E-state index in [0.717, 1.165) is 25.9 Å². The lowest BCUT2D eigenvalue weighted by Crippen LogP contribution is -2.60. The molecule has 2 atom stereocenters. The summed E-state index contributed by atoms with van der Waals surface area (Å²) in [6.07, 6.45) is 2.01. The lowest BCUT2D eigenvalue weighted by molar-refractivity contribution is -0.146. The Morgan fingerprint density at radius 3 is 3.14 bits per heavy atom. The number of nitrogens with zero attached hydrogens (tertiary/aromatic N) is 1. The number of likely N-dealkylation sites (N-methyl/N-ethyl adjacent to an activating group) is 1. The maximum absolute atomic E-state index is 11.9. The quantitative estimate of drug-likeness (QED) is 0.734. The summed E-state index contributed by atoms with van der Waals surface area (Å²) in [7, 11) is 2.02. The second-order valence-corrected chi connectivity index (χ2v) is 4.43. The molecule has 1 N–H and O–H groups in total. The van der Waals surface area contributed by atoms with Crippen molar-refractivity contribution in [2.45, 2.75) is 31.0 Å². The molecule has 2 saturated heterocycles. The molecule has 0 amide bonds. The van der Waals surface area contributed by atoms with Crippen LogP contribution >= 0.6 is 0 Å². The van der Waals surface area contributed by atoms with Crippen LogP contribution < -0.4 is 5.32 Å². The van der Waals surface area contributed by atoms with Gasteiger partial charge in [0.15, 0.2) is 0 Å². The van der Waals surface area contributed by atoms with Gasteiger partial charge in [-0.2, -0.15) is 8.78 Å². The van der Waals surface area contributed by atoms with Crippen molar-refractivity contribution in [2.75, 3.05) is 26.7 Å². The second-order valence-electron chi connectivity index (χ2n) is 4.43. The third-order valence-electron chi connectivity index (χ3n) is 3.07. The average molecular weight is 206 g/mol. The molecule has 0 unspecified atom stereocenters. The lowest BCUT2D eigenvalue weighted by Gasteiger charge is -2.39. The van der Waals surface area contributed by atoms with Crippen LogP contribution in [0.25, 0.3) is 0 Å². The zero-order valence-electron chi connectivity index (χ0n) is 8.30. The van der Waals surface area contributed by atoms with Gasteiger partial charge < -0.3 is 15.0 Å². The van der Waals surface area contributed by atoms with Crippen LogP contribution in [0, 0.1) is 0 Å². The first kappa shape index (κ1) is 10.3. The van der Waals surface area contributed by atoms with Gasteiger partial charge in [0.2, 0.25) is 0 Å². The van der Waals surface area contributed by atoms with E-state index >= 15 is 0 Å². The third kappa shape index (κ3) is 2.04. The number of fused-ring (bicyclic) bond motifs is 2. The number of alkyl halides is 2. The van der Waals surface area contributed by atoms with Gasteiger partial charge in [-0.05, 0) is 19.9 Å². The molecular formula is C9H16F2N2O. The molecule has 0 aromatic rings. The first-order valence-electron chi connectivity index (χ1n) is 4.96. The van der Waals surface area contributed by atoms with E-state index in [1.807, 2.05) is 7.05 Å². The number of likely N-dealkylation sites (tertiary alicyclic amines) is 1. The van der Waals surface area contributed by atoms with Gasteiger partial charge in [-0.15, -0.1) is 0 Å². The van der Waals surface area contributed by atoms with Crippen LogP contribution in [0.15, 0.2) is 0 Å². The molecule has 2 fully saturated rings. The average Bonchev–Trinajstić information content (AvgIpc) is 2.40. The summed E-state index contributed by atoms with van der Waals surface area (Å²) in [5, 5.41) is 3.39. The summed E-state index contributed by atoms with van der Waals surface area (Å²) in [5.74, 6) is 0. The minimum Gasteiger partial charge on any atom is -0.321 e. The summed E-state index contributed by atoms with van der Waals surface area (Å²) in [4.78, 5) is 2.18. The number of hydrogen-bond acceptors (Lipinski definition) is 3. The molecule has 14 heavy (non-hydrogen) atoms. The Morgan fingerprint density at radius 2 is 2.43 bits per heavy atom. The van der Waals surface area contributed by atoms with Gasteiger partial charge in [0, 0.05) is 19.1 Å². The molecule has 82 valence electrons. The summed E-state index contributed by atoms with van der Waals surface area (Å²) >= 11 is 0. The van der Waals surface area contributed by atoms with Gasteiger partial charge in [-0.1, -0.05) is 0 Å². The largest absolute Gasteiger partial charge is 0.345 e. The van der Waals surface area contributed by atoms with Crippen LogP contribution in [-0.4, -0.2) is 49.8 Å². The van der Waals surface area contributed by atoms with E-state index in [9.17, 15) is 8.78 Å². The van der Waals surface area contributed by atoms with E-state index in [4.69, 9.17) is 0 Å².